The number of amides is 8. The lowest BCUT2D eigenvalue weighted by molar-refractivity contribution is -0.137. The van der Waals surface area contributed by atoms with Gasteiger partial charge in [-0.15, -0.1) is 0 Å². The molecule has 0 radical (unpaired) electrons. The van der Waals surface area contributed by atoms with Crippen LogP contribution in [0.3, 0.4) is 0 Å². The lowest BCUT2D eigenvalue weighted by Gasteiger charge is -2.31. The van der Waals surface area contributed by atoms with E-state index >= 15 is 0 Å². The number of nitrogens with one attached hydrogen (secondary N) is 4. The van der Waals surface area contributed by atoms with E-state index in [-0.39, 0.29) is 104 Å². The summed E-state index contributed by atoms with van der Waals surface area (Å²) >= 11 is 0. The Morgan fingerprint density at radius 1 is 0.594 bits per heavy atom. The Kier molecular flexibility index (Phi) is 34.1. The van der Waals surface area contributed by atoms with Crippen molar-refractivity contribution in [3.63, 3.8) is 0 Å². The minimum Gasteiger partial charge on any atom is -0.493 e. The lowest BCUT2D eigenvalue weighted by atomic mass is 10.0. The van der Waals surface area contributed by atoms with E-state index in [1.165, 1.54) is 43.4 Å². The number of hydrogen-bond donors (Lipinski definition) is 5. The van der Waals surface area contributed by atoms with Gasteiger partial charge < -0.3 is 97.8 Å². The fraction of sp³-hybridized carbons (Fsp3) is 0.560. The summed E-state index contributed by atoms with van der Waals surface area (Å²) in [5.74, 6) is -0.716. The maximum absolute atomic E-state index is 14.3. The van der Waals surface area contributed by atoms with Crippen LogP contribution in [0.25, 0.3) is 0 Å². The highest BCUT2D eigenvalue weighted by Crippen LogP contribution is 2.43. The fourth-order valence-corrected chi connectivity index (χ4v) is 11.7. The minimum absolute atomic E-state index is 0.0288. The van der Waals surface area contributed by atoms with E-state index in [1.807, 2.05) is 33.9 Å². The van der Waals surface area contributed by atoms with Crippen LogP contribution < -0.4 is 45.1 Å². The molecular weight excluding hydrogens is 1380 g/mol. The summed E-state index contributed by atoms with van der Waals surface area (Å²) in [5.41, 5.74) is 4.17. The fourth-order valence-electron chi connectivity index (χ4n) is 11.7. The van der Waals surface area contributed by atoms with Crippen LogP contribution in [0.5, 0.6) is 23.0 Å². The van der Waals surface area contributed by atoms with Gasteiger partial charge in [-0.25, -0.2) is 9.69 Å². The molecule has 5 aliphatic heterocycles. The van der Waals surface area contributed by atoms with E-state index in [4.69, 9.17) is 61.6 Å². The van der Waals surface area contributed by atoms with Gasteiger partial charge in [0.15, 0.2) is 29.2 Å². The van der Waals surface area contributed by atoms with Crippen molar-refractivity contribution in [1.29, 1.82) is 0 Å². The maximum atomic E-state index is 14.3. The number of methoxy groups -OCH3 is 2. The average Bonchev–Trinajstić information content (AvgIpc) is 1.57. The Bertz CT molecular complexity index is 3530. The van der Waals surface area contributed by atoms with E-state index in [0.717, 1.165) is 27.4 Å². The molecule has 5 atom stereocenters. The van der Waals surface area contributed by atoms with E-state index < -0.39 is 42.1 Å². The Balaban J connectivity index is 0.640. The van der Waals surface area contributed by atoms with Gasteiger partial charge in [-0.1, -0.05) is 37.1 Å². The zero-order chi connectivity index (χ0) is 75.7. The number of anilines is 2. The summed E-state index contributed by atoms with van der Waals surface area (Å²) in [6.45, 7) is 16.5. The predicted octanol–water partition coefficient (Wildman–Crippen LogP) is 5.77. The molecule has 0 bridgehead atoms. The van der Waals surface area contributed by atoms with E-state index in [0.29, 0.717) is 178 Å². The molecule has 3 aromatic rings. The first kappa shape index (κ1) is 82.8. The van der Waals surface area contributed by atoms with Crippen LogP contribution in [0, 0.1) is 5.92 Å². The Hall–Kier alpha value is -8.89. The molecular formula is C75H103N9O22. The van der Waals surface area contributed by atoms with Crippen LogP contribution in [0.15, 0.2) is 89.2 Å². The number of nitrogens with zero attached hydrogens (tertiary/aromatic N) is 5. The summed E-state index contributed by atoms with van der Waals surface area (Å²) in [5, 5.41) is 23.8. The summed E-state index contributed by atoms with van der Waals surface area (Å²) in [6.07, 6.45) is 8.47. The van der Waals surface area contributed by atoms with Gasteiger partial charge in [-0.05, 0) is 88.6 Å². The number of imide groups is 1. The van der Waals surface area contributed by atoms with Gasteiger partial charge in [-0.3, -0.25) is 43.5 Å². The number of carbonyl (C=O) groups is 8. The van der Waals surface area contributed by atoms with Crippen molar-refractivity contribution in [2.45, 2.75) is 117 Å². The highest BCUT2D eigenvalue weighted by atomic mass is 16.6. The van der Waals surface area contributed by atoms with Crippen LogP contribution in [0.1, 0.15) is 106 Å². The molecule has 8 amide bonds. The van der Waals surface area contributed by atoms with Crippen LogP contribution in [-0.2, 0) is 73.2 Å². The summed E-state index contributed by atoms with van der Waals surface area (Å²) in [4.78, 5) is 113. The van der Waals surface area contributed by atoms with Gasteiger partial charge in [-0.2, -0.15) is 0 Å². The van der Waals surface area contributed by atoms with E-state index in [9.17, 15) is 43.5 Å². The molecule has 0 spiro atoms. The SMILES string of the molecule is COc1cc2c(cc1OCCCCCOc1cc3c(cc1OC)C(=O)N1C=C(C)CC1C(O)N3C(=O)OCc1ccc(NC(=O)C(C)NCC(NC(=O)CCOCCOCCOCCOCCOCCOCCOCCOCCNC(=O)CCN3C(=O)C=CC3=O)C(C)C)cc1)N=CC1CC(C)=CN1C2=O. The third-order valence-electron chi connectivity index (χ3n) is 17.6. The third kappa shape index (κ3) is 25.4. The van der Waals surface area contributed by atoms with Crippen molar-refractivity contribution in [2.75, 3.05) is 163 Å². The van der Waals surface area contributed by atoms with Crippen LogP contribution >= 0.6 is 0 Å². The van der Waals surface area contributed by atoms with E-state index in [2.05, 4.69) is 26.3 Å². The molecule has 31 nitrogen and oxygen atoms in total. The quantitative estimate of drug-likeness (QED) is 0.0331. The largest absolute Gasteiger partial charge is 0.493 e. The first-order valence-electron chi connectivity index (χ1n) is 36.1. The Morgan fingerprint density at radius 3 is 1.70 bits per heavy atom. The first-order valence-corrected chi connectivity index (χ1v) is 36.1. The number of aliphatic imine (C=N–C) groups is 1. The second-order valence-corrected chi connectivity index (χ2v) is 26.0. The molecule has 0 fully saturated rings. The topological polar surface area (TPSA) is 350 Å². The van der Waals surface area contributed by atoms with Gasteiger partial charge in [0.25, 0.3) is 23.6 Å². The van der Waals surface area contributed by atoms with Crippen molar-refractivity contribution in [1.82, 2.24) is 30.7 Å². The third-order valence-corrected chi connectivity index (χ3v) is 17.6. The van der Waals surface area contributed by atoms with Crippen molar-refractivity contribution >= 4 is 70.7 Å². The number of aliphatic hydroxyl groups excluding tert-OH is 1. The zero-order valence-electron chi connectivity index (χ0n) is 61.7. The maximum Gasteiger partial charge on any atom is 0.416 e. The van der Waals surface area contributed by atoms with Gasteiger partial charge in [0, 0.05) is 87.1 Å². The zero-order valence-corrected chi connectivity index (χ0v) is 61.7. The second-order valence-electron chi connectivity index (χ2n) is 26.0. The predicted molar refractivity (Wildman–Crippen MR) is 388 cm³/mol. The number of carbonyl (C=O) groups excluding carboxylic acids is 8. The summed E-state index contributed by atoms with van der Waals surface area (Å²) in [7, 11) is 2.98. The number of ether oxygens (including phenoxy) is 13. The molecule has 0 aromatic heterocycles. The highest BCUT2D eigenvalue weighted by molar-refractivity contribution is 6.13. The van der Waals surface area contributed by atoms with Crippen LogP contribution in [0.2, 0.25) is 0 Å². The van der Waals surface area contributed by atoms with Crippen molar-refractivity contribution in [3.05, 3.63) is 101 Å². The molecule has 5 heterocycles. The van der Waals surface area contributed by atoms with Crippen molar-refractivity contribution in [3.8, 4) is 23.0 Å². The van der Waals surface area contributed by atoms with Crippen molar-refractivity contribution < 1.29 is 105 Å². The van der Waals surface area contributed by atoms with Gasteiger partial charge in [0.2, 0.25) is 17.7 Å². The molecule has 0 aliphatic carbocycles. The van der Waals surface area contributed by atoms with Crippen LogP contribution in [0.4, 0.5) is 21.9 Å². The number of hydrogen-bond acceptors (Lipinski definition) is 24. The molecule has 0 saturated heterocycles. The Morgan fingerprint density at radius 2 is 1.12 bits per heavy atom. The first-order chi connectivity index (χ1) is 51.3. The number of rotatable bonds is 49. The normalized spacial score (nSPS) is 17.1. The van der Waals surface area contributed by atoms with Gasteiger partial charge >= 0.3 is 6.09 Å². The van der Waals surface area contributed by atoms with Crippen molar-refractivity contribution in [2.24, 2.45) is 10.9 Å². The smallest absolute Gasteiger partial charge is 0.416 e. The molecule has 8 rings (SSSR count). The second kappa shape index (κ2) is 43.7. The monoisotopic (exact) mass is 1480 g/mol. The van der Waals surface area contributed by atoms with E-state index in [1.54, 1.807) is 60.6 Å². The molecule has 580 valence electrons. The average molecular weight is 1480 g/mol. The molecule has 3 aromatic carbocycles. The summed E-state index contributed by atoms with van der Waals surface area (Å²) in [6, 6.07) is 11.3. The number of benzene rings is 3. The Labute approximate surface area is 618 Å². The van der Waals surface area contributed by atoms with Gasteiger partial charge in [0.05, 0.1) is 174 Å². The number of fused-ring (bicyclic) bond motifs is 4. The summed E-state index contributed by atoms with van der Waals surface area (Å²) < 4.78 is 73.8. The number of unbranched alkanes of at least 4 members (excludes halogenated alkanes) is 2. The molecule has 0 saturated carbocycles. The molecule has 5 unspecified atom stereocenters. The highest BCUT2D eigenvalue weighted by Gasteiger charge is 2.45. The number of aliphatic hydroxyl groups is 1. The molecule has 106 heavy (non-hydrogen) atoms. The molecule has 5 N–H and O–H groups in total. The van der Waals surface area contributed by atoms with Gasteiger partial charge in [0.1, 0.15) is 6.61 Å². The minimum atomic E-state index is -1.50. The molecule has 31 heteroatoms. The van der Waals surface area contributed by atoms with Crippen LogP contribution in [-0.4, -0.2) is 257 Å². The lowest BCUT2D eigenvalue weighted by Crippen LogP contribution is -2.50. The molecule has 5 aliphatic rings. The standard InChI is InChI=1S/C75H103N9O22/c1-50(2)60(80-68(86)18-23-96-25-27-98-29-31-100-33-35-102-37-38-103-36-34-101-32-30-99-28-26-97-24-19-76-67(85)17-20-81-69(87)15-16-70(81)88)46-77-53(5)71(89)79-55-13-11-54(12-14-55)49-106-75(93)84-61-44-66(64(95-7)42-58(61)73(91)83-48-52(4)40-62(83)74(84)92)105-22-10-8-9-21-104-65-43-59-57(41-63(65)94-6)72(90)82-47-51(3)39-56(82)45-78-59/h11-16,41-45,47-48,50,53,56,60,62,74,77,92H,8-10,17-40,46,49H2,1-7H3,(H,76,85)(H,79,89)(H,80,86).